The molecule has 1 aromatic carbocycles. The molecule has 2 aromatic heterocycles. The number of hydrogen-bond acceptors (Lipinski definition) is 7. The number of pyridine rings is 1. The van der Waals surface area contributed by atoms with Crippen LogP contribution in [0.4, 0.5) is 0 Å². The maximum absolute atomic E-state index is 11.8. The van der Waals surface area contributed by atoms with Crippen LogP contribution in [0.25, 0.3) is 16.2 Å². The molecule has 0 atom stereocenters. The molecule has 3 aromatic rings. The molecule has 0 fully saturated rings. The molecule has 0 bridgehead atoms. The molecule has 29 heavy (non-hydrogen) atoms. The van der Waals surface area contributed by atoms with Crippen molar-refractivity contribution in [1.29, 1.82) is 0 Å². The highest BCUT2D eigenvalue weighted by molar-refractivity contribution is 7.20. The van der Waals surface area contributed by atoms with Gasteiger partial charge < -0.3 is 14.2 Å². The third kappa shape index (κ3) is 5.42. The third-order valence-electron chi connectivity index (χ3n) is 3.72. The summed E-state index contributed by atoms with van der Waals surface area (Å²) in [5.74, 6) is 0.373. The average Bonchev–Trinajstić information content (AvgIpc) is 3.11. The van der Waals surface area contributed by atoms with Gasteiger partial charge in [-0.05, 0) is 50.6 Å². The maximum Gasteiger partial charge on any atom is 0.348 e. The zero-order chi connectivity index (χ0) is 21.0. The molecular formula is C22H21NO5S. The third-order valence-corrected chi connectivity index (χ3v) is 4.77. The van der Waals surface area contributed by atoms with E-state index in [2.05, 4.69) is 4.98 Å². The second kappa shape index (κ2) is 8.45. The molecule has 6 nitrogen and oxygen atoms in total. The lowest BCUT2D eigenvalue weighted by Gasteiger charge is -2.17. The topological polar surface area (TPSA) is 74.7 Å². The molecule has 0 aliphatic carbocycles. The Kier molecular flexibility index (Phi) is 5.98. The number of carbonyl (C=O) groups is 2. The van der Waals surface area contributed by atoms with Gasteiger partial charge in [0.2, 0.25) is 0 Å². The van der Waals surface area contributed by atoms with E-state index in [9.17, 15) is 9.59 Å². The average molecular weight is 411 g/mol. The highest BCUT2D eigenvalue weighted by Crippen LogP contribution is 2.34. The van der Waals surface area contributed by atoms with Crippen molar-refractivity contribution < 1.29 is 23.8 Å². The van der Waals surface area contributed by atoms with Gasteiger partial charge >= 0.3 is 11.9 Å². The summed E-state index contributed by atoms with van der Waals surface area (Å²) < 4.78 is 16.8. The minimum absolute atomic E-state index is 0.390. The van der Waals surface area contributed by atoms with Crippen LogP contribution in [0, 0.1) is 0 Å². The Hall–Kier alpha value is -3.19. The van der Waals surface area contributed by atoms with Crippen molar-refractivity contribution in [1.82, 2.24) is 4.98 Å². The Morgan fingerprint density at radius 2 is 1.83 bits per heavy atom. The summed E-state index contributed by atoms with van der Waals surface area (Å²) in [7, 11) is 1.35. The van der Waals surface area contributed by atoms with Crippen LogP contribution in [-0.4, -0.2) is 29.6 Å². The van der Waals surface area contributed by atoms with E-state index in [-0.39, 0.29) is 0 Å². The van der Waals surface area contributed by atoms with E-state index in [1.165, 1.54) is 24.5 Å². The van der Waals surface area contributed by atoms with Crippen molar-refractivity contribution in [3.8, 4) is 11.5 Å². The summed E-state index contributed by atoms with van der Waals surface area (Å²) in [5, 5.41) is 0.791. The number of carbonyl (C=O) groups excluding carboxylic acids is 2. The zero-order valence-electron chi connectivity index (χ0n) is 16.6. The predicted octanol–water partition coefficient (Wildman–Crippen LogP) is 5.23. The fourth-order valence-corrected chi connectivity index (χ4v) is 3.46. The molecule has 3 rings (SSSR count). The van der Waals surface area contributed by atoms with Crippen LogP contribution in [-0.2, 0) is 14.3 Å². The molecule has 0 unspecified atom stereocenters. The predicted molar refractivity (Wildman–Crippen MR) is 112 cm³/mol. The number of nitrogens with zero attached hydrogens (tertiary/aromatic N) is 1. The standard InChI is InChI=1S/C22H21NO5S/c1-22(2,3)28-20(24)10-7-14-5-8-15(9-6-14)27-17-12-23-13-19-16(17)11-18(29-19)21(25)26-4/h5-13H,1-4H3/b10-7+. The number of aromatic nitrogens is 1. The van der Waals surface area contributed by atoms with Crippen molar-refractivity contribution in [3.05, 3.63) is 59.2 Å². The number of thiophene rings is 1. The summed E-state index contributed by atoms with van der Waals surface area (Å²) in [6.45, 7) is 5.46. The number of esters is 2. The normalized spacial score (nSPS) is 11.6. The Balaban J connectivity index is 1.74. The molecular weight excluding hydrogens is 390 g/mol. The monoisotopic (exact) mass is 411 g/mol. The quantitative estimate of drug-likeness (QED) is 0.423. The van der Waals surface area contributed by atoms with Gasteiger partial charge in [0.15, 0.2) is 5.75 Å². The van der Waals surface area contributed by atoms with Crippen LogP contribution < -0.4 is 4.74 Å². The van der Waals surface area contributed by atoms with Gasteiger partial charge in [0, 0.05) is 17.7 Å². The largest absolute Gasteiger partial charge is 0.465 e. The first-order valence-electron chi connectivity index (χ1n) is 8.90. The summed E-state index contributed by atoms with van der Waals surface area (Å²) in [6.07, 6.45) is 6.36. The van der Waals surface area contributed by atoms with Crippen LogP contribution in [0.5, 0.6) is 11.5 Å². The summed E-state index contributed by atoms with van der Waals surface area (Å²) in [4.78, 5) is 28.2. The van der Waals surface area contributed by atoms with E-state index < -0.39 is 17.5 Å². The summed E-state index contributed by atoms with van der Waals surface area (Å²) in [6, 6.07) is 8.98. The number of benzene rings is 1. The second-order valence-electron chi connectivity index (χ2n) is 7.19. The first-order chi connectivity index (χ1) is 13.7. The molecule has 0 aliphatic heterocycles. The van der Waals surface area contributed by atoms with Gasteiger partial charge in [-0.2, -0.15) is 0 Å². The minimum Gasteiger partial charge on any atom is -0.465 e. The fourth-order valence-electron chi connectivity index (χ4n) is 2.49. The smallest absolute Gasteiger partial charge is 0.348 e. The van der Waals surface area contributed by atoms with Crippen molar-refractivity contribution in [3.63, 3.8) is 0 Å². The van der Waals surface area contributed by atoms with Gasteiger partial charge in [-0.25, -0.2) is 9.59 Å². The first kappa shape index (κ1) is 20.5. The van der Waals surface area contributed by atoms with E-state index in [1.54, 1.807) is 36.7 Å². The fraction of sp³-hybridized carbons (Fsp3) is 0.227. The molecule has 0 N–H and O–H groups in total. The Labute approximate surface area is 172 Å². The highest BCUT2D eigenvalue weighted by atomic mass is 32.1. The lowest BCUT2D eigenvalue weighted by atomic mass is 10.2. The number of methoxy groups -OCH3 is 1. The SMILES string of the molecule is COC(=O)c1cc2c(Oc3ccc(/C=C/C(=O)OC(C)(C)C)cc3)cncc2s1. The van der Waals surface area contributed by atoms with E-state index in [1.807, 2.05) is 32.9 Å². The molecule has 7 heteroatoms. The van der Waals surface area contributed by atoms with Crippen LogP contribution in [0.2, 0.25) is 0 Å². The molecule has 2 heterocycles. The lowest BCUT2D eigenvalue weighted by Crippen LogP contribution is -2.22. The van der Waals surface area contributed by atoms with Crippen LogP contribution >= 0.6 is 11.3 Å². The summed E-state index contributed by atoms with van der Waals surface area (Å²) >= 11 is 1.30. The highest BCUT2D eigenvalue weighted by Gasteiger charge is 2.15. The maximum atomic E-state index is 11.8. The van der Waals surface area contributed by atoms with Gasteiger partial charge in [-0.3, -0.25) is 4.98 Å². The summed E-state index contributed by atoms with van der Waals surface area (Å²) in [5.41, 5.74) is 0.312. The lowest BCUT2D eigenvalue weighted by molar-refractivity contribution is -0.148. The minimum atomic E-state index is -0.524. The molecule has 0 spiro atoms. The van der Waals surface area contributed by atoms with Gasteiger partial charge in [-0.15, -0.1) is 11.3 Å². The van der Waals surface area contributed by atoms with Crippen LogP contribution in [0.3, 0.4) is 0 Å². The number of hydrogen-bond donors (Lipinski definition) is 0. The van der Waals surface area contributed by atoms with E-state index in [0.29, 0.717) is 16.4 Å². The zero-order valence-corrected chi connectivity index (χ0v) is 17.4. The van der Waals surface area contributed by atoms with E-state index in [4.69, 9.17) is 14.2 Å². The molecule has 0 radical (unpaired) electrons. The van der Waals surface area contributed by atoms with Gasteiger partial charge in [0.1, 0.15) is 16.2 Å². The van der Waals surface area contributed by atoms with Crippen LogP contribution in [0.15, 0.2) is 48.8 Å². The van der Waals surface area contributed by atoms with Crippen LogP contribution in [0.1, 0.15) is 36.0 Å². The Bertz CT molecular complexity index is 1060. The first-order valence-corrected chi connectivity index (χ1v) is 9.72. The van der Waals surface area contributed by atoms with Gasteiger partial charge in [-0.1, -0.05) is 12.1 Å². The molecule has 0 amide bonds. The molecule has 0 aliphatic rings. The van der Waals surface area contributed by atoms with E-state index in [0.717, 1.165) is 15.6 Å². The van der Waals surface area contributed by atoms with Gasteiger partial charge in [0.25, 0.3) is 0 Å². The van der Waals surface area contributed by atoms with Crippen molar-refractivity contribution >= 4 is 39.4 Å². The molecule has 150 valence electrons. The number of fused-ring (bicyclic) bond motifs is 1. The molecule has 0 saturated heterocycles. The van der Waals surface area contributed by atoms with Gasteiger partial charge in [0.05, 0.1) is 18.0 Å². The van der Waals surface area contributed by atoms with Crippen molar-refractivity contribution in [2.75, 3.05) is 7.11 Å². The Morgan fingerprint density at radius 3 is 2.48 bits per heavy atom. The van der Waals surface area contributed by atoms with E-state index >= 15 is 0 Å². The van der Waals surface area contributed by atoms with Crippen molar-refractivity contribution in [2.24, 2.45) is 0 Å². The number of ether oxygens (including phenoxy) is 3. The second-order valence-corrected chi connectivity index (χ2v) is 8.27. The van der Waals surface area contributed by atoms with Crippen molar-refractivity contribution in [2.45, 2.75) is 26.4 Å². The Morgan fingerprint density at radius 1 is 1.10 bits per heavy atom. The molecule has 0 saturated carbocycles. The number of rotatable bonds is 5.